The van der Waals surface area contributed by atoms with Crippen LogP contribution >= 0.6 is 11.3 Å². The van der Waals surface area contributed by atoms with Gasteiger partial charge in [0.1, 0.15) is 4.21 Å². The predicted octanol–water partition coefficient (Wildman–Crippen LogP) is 2.30. The van der Waals surface area contributed by atoms with Crippen molar-refractivity contribution < 1.29 is 8.42 Å². The lowest BCUT2D eigenvalue weighted by molar-refractivity contribution is 0.217. The Morgan fingerprint density at radius 1 is 1.37 bits per heavy atom. The molecule has 0 amide bonds. The zero-order valence-electron chi connectivity index (χ0n) is 12.3. The van der Waals surface area contributed by atoms with Crippen LogP contribution < -0.4 is 5.73 Å². The van der Waals surface area contributed by atoms with Crippen LogP contribution in [0.4, 0.5) is 0 Å². The van der Waals surface area contributed by atoms with E-state index in [0.29, 0.717) is 10.8 Å². The smallest absolute Gasteiger partial charge is 0.252 e. The highest BCUT2D eigenvalue weighted by Crippen LogP contribution is 2.30. The van der Waals surface area contributed by atoms with Crippen LogP contribution in [0.3, 0.4) is 0 Å². The van der Waals surface area contributed by atoms with E-state index in [4.69, 9.17) is 5.73 Å². The monoisotopic (exact) mass is 304 g/mol. The second-order valence-corrected chi connectivity index (χ2v) is 9.22. The van der Waals surface area contributed by atoms with Crippen LogP contribution in [0, 0.1) is 5.41 Å². The number of nitrogens with two attached hydrogens (primary N) is 1. The lowest BCUT2D eigenvalue weighted by atomic mass is 9.88. The van der Waals surface area contributed by atoms with E-state index in [9.17, 15) is 8.42 Å². The summed E-state index contributed by atoms with van der Waals surface area (Å²) < 4.78 is 26.9. The van der Waals surface area contributed by atoms with Gasteiger partial charge in [0.2, 0.25) is 0 Å². The molecule has 4 nitrogen and oxygen atoms in total. The third-order valence-electron chi connectivity index (χ3n) is 3.46. The van der Waals surface area contributed by atoms with Crippen molar-refractivity contribution in [3.05, 3.63) is 17.0 Å². The summed E-state index contributed by atoms with van der Waals surface area (Å²) in [7, 11) is -1.76. The predicted molar refractivity (Wildman–Crippen MR) is 80.9 cm³/mol. The van der Waals surface area contributed by atoms with Crippen molar-refractivity contribution in [2.24, 2.45) is 11.1 Å². The molecule has 0 aliphatic rings. The zero-order valence-corrected chi connectivity index (χ0v) is 13.9. The standard InChI is InChI=1S/C13H24N2O2S2/c1-10(13(2,3)4)15(5)19(16,17)12-7-6-11(18-12)8-9-14/h6-7,10H,8-9,14H2,1-5H3. The second-order valence-electron chi connectivity index (χ2n) is 5.82. The van der Waals surface area contributed by atoms with Gasteiger partial charge in [-0.15, -0.1) is 11.3 Å². The molecule has 0 aliphatic carbocycles. The maximum absolute atomic E-state index is 12.5. The number of hydrogen-bond acceptors (Lipinski definition) is 4. The summed E-state index contributed by atoms with van der Waals surface area (Å²) in [6.45, 7) is 8.59. The molecule has 19 heavy (non-hydrogen) atoms. The molecule has 1 atom stereocenters. The van der Waals surface area contributed by atoms with Gasteiger partial charge in [-0.1, -0.05) is 20.8 Å². The molecular weight excluding hydrogens is 280 g/mol. The highest BCUT2D eigenvalue weighted by Gasteiger charge is 2.33. The Morgan fingerprint density at radius 2 is 1.95 bits per heavy atom. The molecule has 0 bridgehead atoms. The van der Waals surface area contributed by atoms with Gasteiger partial charge in [-0.05, 0) is 37.4 Å². The highest BCUT2D eigenvalue weighted by molar-refractivity contribution is 7.91. The third-order valence-corrected chi connectivity index (χ3v) is 7.00. The maximum Gasteiger partial charge on any atom is 0.252 e. The second kappa shape index (κ2) is 5.91. The number of sulfonamides is 1. The van der Waals surface area contributed by atoms with E-state index in [1.54, 1.807) is 13.1 Å². The van der Waals surface area contributed by atoms with E-state index in [0.717, 1.165) is 11.3 Å². The van der Waals surface area contributed by atoms with E-state index in [2.05, 4.69) is 0 Å². The van der Waals surface area contributed by atoms with Crippen LogP contribution in [0.15, 0.2) is 16.3 Å². The molecule has 0 aromatic carbocycles. The average Bonchev–Trinajstić information content (AvgIpc) is 2.75. The van der Waals surface area contributed by atoms with Crippen molar-refractivity contribution in [2.45, 2.75) is 44.4 Å². The van der Waals surface area contributed by atoms with Crippen molar-refractivity contribution in [1.29, 1.82) is 0 Å². The molecule has 110 valence electrons. The molecular formula is C13H24N2O2S2. The first-order valence-corrected chi connectivity index (χ1v) is 8.63. The molecule has 2 N–H and O–H groups in total. The Kier molecular flexibility index (Phi) is 5.17. The number of thiophene rings is 1. The van der Waals surface area contributed by atoms with Crippen molar-refractivity contribution in [2.75, 3.05) is 13.6 Å². The van der Waals surface area contributed by atoms with Crippen LogP contribution in [-0.4, -0.2) is 32.4 Å². The van der Waals surface area contributed by atoms with Gasteiger partial charge in [0, 0.05) is 18.0 Å². The Morgan fingerprint density at radius 3 is 2.42 bits per heavy atom. The van der Waals surface area contributed by atoms with Crippen LogP contribution in [0.5, 0.6) is 0 Å². The molecule has 0 aliphatic heterocycles. The van der Waals surface area contributed by atoms with E-state index in [-0.39, 0.29) is 11.5 Å². The van der Waals surface area contributed by atoms with Crippen LogP contribution in [0.2, 0.25) is 0 Å². The Hall–Kier alpha value is -0.430. The minimum absolute atomic E-state index is 0.0717. The highest BCUT2D eigenvalue weighted by atomic mass is 32.2. The molecule has 0 spiro atoms. The molecule has 1 rings (SSSR count). The molecule has 1 heterocycles. The first-order valence-electron chi connectivity index (χ1n) is 6.37. The van der Waals surface area contributed by atoms with Crippen molar-refractivity contribution in [3.8, 4) is 0 Å². The largest absolute Gasteiger partial charge is 0.330 e. The van der Waals surface area contributed by atoms with E-state index < -0.39 is 10.0 Å². The van der Waals surface area contributed by atoms with Gasteiger partial charge in [-0.3, -0.25) is 0 Å². The Bertz CT molecular complexity index is 515. The summed E-state index contributed by atoms with van der Waals surface area (Å²) >= 11 is 1.31. The van der Waals surface area contributed by atoms with Gasteiger partial charge >= 0.3 is 0 Å². The lowest BCUT2D eigenvalue weighted by Gasteiger charge is -2.34. The summed E-state index contributed by atoms with van der Waals surface area (Å²) in [6.07, 6.45) is 0.721. The number of hydrogen-bond donors (Lipinski definition) is 1. The average molecular weight is 304 g/mol. The SMILES string of the molecule is CC(N(C)S(=O)(=O)c1ccc(CCN)s1)C(C)(C)C. The van der Waals surface area contributed by atoms with Gasteiger partial charge in [-0.2, -0.15) is 4.31 Å². The Balaban J connectivity index is 3.02. The van der Waals surface area contributed by atoms with Crippen LogP contribution in [-0.2, 0) is 16.4 Å². The zero-order chi connectivity index (χ0) is 14.8. The van der Waals surface area contributed by atoms with Crippen molar-refractivity contribution in [3.63, 3.8) is 0 Å². The molecule has 1 aromatic heterocycles. The topological polar surface area (TPSA) is 63.4 Å². The molecule has 1 unspecified atom stereocenters. The normalized spacial score (nSPS) is 14.9. The van der Waals surface area contributed by atoms with E-state index >= 15 is 0 Å². The van der Waals surface area contributed by atoms with E-state index in [1.165, 1.54) is 15.6 Å². The Labute approximate surface area is 120 Å². The summed E-state index contributed by atoms with van der Waals surface area (Å²) in [5, 5.41) is 0. The summed E-state index contributed by atoms with van der Waals surface area (Å²) in [6, 6.07) is 3.45. The molecule has 1 aromatic rings. The third kappa shape index (κ3) is 3.78. The van der Waals surface area contributed by atoms with Gasteiger partial charge in [0.05, 0.1) is 0 Å². The van der Waals surface area contributed by atoms with Gasteiger partial charge in [-0.25, -0.2) is 8.42 Å². The molecule has 6 heteroatoms. The molecule has 0 saturated heterocycles. The fourth-order valence-corrected chi connectivity index (χ4v) is 4.77. The fourth-order valence-electron chi connectivity index (χ4n) is 1.67. The first kappa shape index (κ1) is 16.6. The van der Waals surface area contributed by atoms with Gasteiger partial charge in [0.25, 0.3) is 10.0 Å². The summed E-state index contributed by atoms with van der Waals surface area (Å²) in [5.74, 6) is 0. The number of rotatable bonds is 5. The van der Waals surface area contributed by atoms with Gasteiger partial charge < -0.3 is 5.73 Å². The maximum atomic E-state index is 12.5. The summed E-state index contributed by atoms with van der Waals surface area (Å²) in [4.78, 5) is 1.01. The molecule has 0 radical (unpaired) electrons. The first-order chi connectivity index (χ1) is 8.60. The van der Waals surface area contributed by atoms with E-state index in [1.807, 2.05) is 33.8 Å². The quantitative estimate of drug-likeness (QED) is 0.908. The van der Waals surface area contributed by atoms with Gasteiger partial charge in [0.15, 0.2) is 0 Å². The molecule has 0 saturated carbocycles. The van der Waals surface area contributed by atoms with Crippen LogP contribution in [0.25, 0.3) is 0 Å². The van der Waals surface area contributed by atoms with Crippen molar-refractivity contribution >= 4 is 21.4 Å². The summed E-state index contributed by atoms with van der Waals surface area (Å²) in [5.41, 5.74) is 5.39. The minimum Gasteiger partial charge on any atom is -0.330 e. The number of nitrogens with zero attached hydrogens (tertiary/aromatic N) is 1. The van der Waals surface area contributed by atoms with Crippen molar-refractivity contribution in [1.82, 2.24) is 4.31 Å². The lowest BCUT2D eigenvalue weighted by Crippen LogP contribution is -2.42. The minimum atomic E-state index is -3.41. The van der Waals surface area contributed by atoms with Crippen LogP contribution in [0.1, 0.15) is 32.6 Å². The molecule has 0 fully saturated rings. The fraction of sp³-hybridized carbons (Fsp3) is 0.692.